The number of likely N-dealkylation sites (tertiary alicyclic amines) is 1. The number of hydrogen-bond acceptors (Lipinski definition) is 5. The first-order valence-corrected chi connectivity index (χ1v) is 7.63. The lowest BCUT2D eigenvalue weighted by Gasteiger charge is -2.15. The third kappa shape index (κ3) is 5.47. The van der Waals surface area contributed by atoms with E-state index in [1.54, 1.807) is 4.90 Å². The summed E-state index contributed by atoms with van der Waals surface area (Å²) in [6.07, 6.45) is 1.93. The normalized spacial score (nSPS) is 16.4. The number of carbonyl (C=O) groups is 1. The Kier molecular flexibility index (Phi) is 5.87. The smallest absolute Gasteiger partial charge is 0.237 e. The fraction of sp³-hybridized carbons (Fsp3) is 0.900. The molecule has 0 aromatic heterocycles. The van der Waals surface area contributed by atoms with Crippen molar-refractivity contribution in [3.05, 3.63) is 0 Å². The van der Waals surface area contributed by atoms with Gasteiger partial charge in [-0.1, -0.05) is 0 Å². The molecule has 1 rings (SSSR count). The lowest BCUT2D eigenvalue weighted by Crippen LogP contribution is -2.34. The molecule has 0 saturated carbocycles. The number of rotatable bonds is 7. The number of hydrogen-bond donors (Lipinski definition) is 1. The molecule has 0 aromatic rings. The van der Waals surface area contributed by atoms with E-state index in [4.69, 9.17) is 10.5 Å². The highest BCUT2D eigenvalue weighted by molar-refractivity contribution is 7.92. The van der Waals surface area contributed by atoms with Gasteiger partial charge in [-0.2, -0.15) is 0 Å². The molecule has 0 radical (unpaired) electrons. The van der Waals surface area contributed by atoms with Crippen molar-refractivity contribution in [2.24, 2.45) is 5.73 Å². The number of nitrogens with zero attached hydrogens (tertiary/aromatic N) is 1. The van der Waals surface area contributed by atoms with Crippen LogP contribution < -0.4 is 5.73 Å². The summed E-state index contributed by atoms with van der Waals surface area (Å²) < 4.78 is 28.2. The van der Waals surface area contributed by atoms with E-state index in [9.17, 15) is 13.2 Å². The van der Waals surface area contributed by atoms with Crippen molar-refractivity contribution in [2.75, 3.05) is 44.4 Å². The van der Waals surface area contributed by atoms with Crippen molar-refractivity contribution in [1.82, 2.24) is 4.90 Å². The van der Waals surface area contributed by atoms with Gasteiger partial charge in [-0.3, -0.25) is 4.79 Å². The van der Waals surface area contributed by atoms with Crippen LogP contribution in [0.4, 0.5) is 0 Å². The second kappa shape index (κ2) is 6.93. The van der Waals surface area contributed by atoms with Crippen molar-refractivity contribution in [1.29, 1.82) is 0 Å². The molecule has 0 bridgehead atoms. The Hall–Kier alpha value is -0.660. The Balaban J connectivity index is 2.30. The topological polar surface area (TPSA) is 89.7 Å². The Morgan fingerprint density at radius 2 is 1.88 bits per heavy atom. The van der Waals surface area contributed by atoms with Crippen molar-refractivity contribution in [2.45, 2.75) is 12.8 Å². The van der Waals surface area contributed by atoms with Crippen molar-refractivity contribution in [3.8, 4) is 0 Å². The minimum absolute atomic E-state index is 0.104. The van der Waals surface area contributed by atoms with Gasteiger partial charge < -0.3 is 15.4 Å². The van der Waals surface area contributed by atoms with E-state index in [0.717, 1.165) is 12.8 Å². The van der Waals surface area contributed by atoms with Gasteiger partial charge in [0.2, 0.25) is 5.91 Å². The summed E-state index contributed by atoms with van der Waals surface area (Å²) in [6, 6.07) is 0. The van der Waals surface area contributed by atoms with E-state index in [0.29, 0.717) is 26.2 Å². The third-order valence-corrected chi connectivity index (χ3v) is 4.08. The molecule has 6 nitrogen and oxygen atoms in total. The SMILES string of the molecule is NCCOCCS(=O)(=O)CC(=O)N1CCCC1. The van der Waals surface area contributed by atoms with E-state index in [2.05, 4.69) is 0 Å². The molecular weight excluding hydrogens is 244 g/mol. The van der Waals surface area contributed by atoms with Gasteiger partial charge >= 0.3 is 0 Å². The molecule has 1 aliphatic rings. The maximum Gasteiger partial charge on any atom is 0.237 e. The molecule has 7 heteroatoms. The molecular formula is C10H20N2O4S. The molecule has 1 aliphatic heterocycles. The summed E-state index contributed by atoms with van der Waals surface area (Å²) >= 11 is 0. The van der Waals surface area contributed by atoms with E-state index in [1.165, 1.54) is 0 Å². The van der Waals surface area contributed by atoms with Crippen LogP contribution in [0, 0.1) is 0 Å². The summed E-state index contributed by atoms with van der Waals surface area (Å²) in [6.45, 7) is 2.17. The second-order valence-electron chi connectivity index (χ2n) is 4.08. The van der Waals surface area contributed by atoms with Crippen LogP contribution in [0.1, 0.15) is 12.8 Å². The minimum Gasteiger partial charge on any atom is -0.379 e. The van der Waals surface area contributed by atoms with Crippen molar-refractivity contribution < 1.29 is 17.9 Å². The molecule has 1 saturated heterocycles. The summed E-state index contributed by atoms with van der Waals surface area (Å²) in [7, 11) is -3.36. The van der Waals surface area contributed by atoms with Gasteiger partial charge in [-0.15, -0.1) is 0 Å². The molecule has 17 heavy (non-hydrogen) atoms. The van der Waals surface area contributed by atoms with Crippen LogP contribution in [0.5, 0.6) is 0 Å². The Labute approximate surface area is 102 Å². The Morgan fingerprint density at radius 3 is 2.47 bits per heavy atom. The lowest BCUT2D eigenvalue weighted by atomic mass is 10.4. The molecule has 0 aromatic carbocycles. The zero-order valence-electron chi connectivity index (χ0n) is 9.93. The molecule has 0 unspecified atom stereocenters. The molecule has 1 fully saturated rings. The molecule has 2 N–H and O–H groups in total. The van der Waals surface area contributed by atoms with Crippen LogP contribution in [0.3, 0.4) is 0 Å². The maximum absolute atomic E-state index is 11.6. The maximum atomic E-state index is 11.6. The summed E-state index contributed by atoms with van der Waals surface area (Å²) in [4.78, 5) is 13.2. The van der Waals surface area contributed by atoms with Gasteiger partial charge in [0.25, 0.3) is 0 Å². The molecule has 0 atom stereocenters. The number of nitrogens with two attached hydrogens (primary N) is 1. The van der Waals surface area contributed by atoms with Crippen LogP contribution in [0.25, 0.3) is 0 Å². The minimum atomic E-state index is -3.36. The van der Waals surface area contributed by atoms with Crippen LogP contribution in [0.15, 0.2) is 0 Å². The second-order valence-corrected chi connectivity index (χ2v) is 6.27. The Bertz CT molecular complexity index is 336. The fourth-order valence-electron chi connectivity index (χ4n) is 1.69. The quantitative estimate of drug-likeness (QED) is 0.596. The Morgan fingerprint density at radius 1 is 1.24 bits per heavy atom. The standard InChI is InChI=1S/C10H20N2O4S/c11-3-6-16-7-8-17(14,15)9-10(13)12-4-1-2-5-12/h1-9,11H2. The summed E-state index contributed by atoms with van der Waals surface area (Å²) in [5, 5.41) is 0. The van der Waals surface area contributed by atoms with Gasteiger partial charge in [0.1, 0.15) is 5.75 Å². The average molecular weight is 264 g/mol. The lowest BCUT2D eigenvalue weighted by molar-refractivity contribution is -0.127. The van der Waals surface area contributed by atoms with Crippen molar-refractivity contribution >= 4 is 15.7 Å². The van der Waals surface area contributed by atoms with Crippen LogP contribution >= 0.6 is 0 Å². The molecule has 0 spiro atoms. The number of ether oxygens (including phenoxy) is 1. The first kappa shape index (κ1) is 14.4. The zero-order valence-corrected chi connectivity index (χ0v) is 10.7. The van der Waals surface area contributed by atoms with E-state index in [1.807, 2.05) is 0 Å². The monoisotopic (exact) mass is 264 g/mol. The highest BCUT2D eigenvalue weighted by Gasteiger charge is 2.23. The van der Waals surface area contributed by atoms with Crippen LogP contribution in [-0.2, 0) is 19.4 Å². The molecule has 0 aliphatic carbocycles. The van der Waals surface area contributed by atoms with Gasteiger partial charge in [-0.05, 0) is 12.8 Å². The van der Waals surface area contributed by atoms with E-state index in [-0.39, 0.29) is 18.3 Å². The first-order valence-electron chi connectivity index (χ1n) is 5.81. The molecule has 1 heterocycles. The molecule has 1 amide bonds. The number of sulfone groups is 1. The van der Waals surface area contributed by atoms with Crippen LogP contribution in [-0.4, -0.2) is 63.6 Å². The van der Waals surface area contributed by atoms with E-state index < -0.39 is 15.6 Å². The van der Waals surface area contributed by atoms with Gasteiger partial charge in [-0.25, -0.2) is 8.42 Å². The van der Waals surface area contributed by atoms with Crippen LogP contribution in [0.2, 0.25) is 0 Å². The average Bonchev–Trinajstić information content (AvgIpc) is 2.77. The van der Waals surface area contributed by atoms with Gasteiger partial charge in [0, 0.05) is 19.6 Å². The zero-order chi connectivity index (χ0) is 12.7. The molecule has 100 valence electrons. The predicted octanol–water partition coefficient (Wildman–Crippen LogP) is -1.00. The largest absolute Gasteiger partial charge is 0.379 e. The summed E-state index contributed by atoms with van der Waals surface area (Å²) in [5.41, 5.74) is 5.21. The van der Waals surface area contributed by atoms with Crippen molar-refractivity contribution in [3.63, 3.8) is 0 Å². The predicted molar refractivity (Wildman–Crippen MR) is 64.3 cm³/mol. The highest BCUT2D eigenvalue weighted by Crippen LogP contribution is 2.08. The fourth-order valence-corrected chi connectivity index (χ4v) is 2.76. The third-order valence-electron chi connectivity index (χ3n) is 2.60. The highest BCUT2D eigenvalue weighted by atomic mass is 32.2. The van der Waals surface area contributed by atoms with E-state index >= 15 is 0 Å². The van der Waals surface area contributed by atoms with Gasteiger partial charge in [0.15, 0.2) is 9.84 Å². The number of carbonyl (C=O) groups excluding carboxylic acids is 1. The number of amides is 1. The van der Waals surface area contributed by atoms with Gasteiger partial charge in [0.05, 0.1) is 19.0 Å². The summed E-state index contributed by atoms with van der Waals surface area (Å²) in [5.74, 6) is -0.813. The first-order chi connectivity index (χ1) is 8.05.